The average molecular weight is 123 g/mol. The Hall–Kier alpha value is 0.357. The smallest absolute Gasteiger partial charge is 0.134 e. The van der Waals surface area contributed by atoms with Gasteiger partial charge in [-0.3, -0.25) is 4.79 Å². The third-order valence-corrected chi connectivity index (χ3v) is 0.642. The summed E-state index contributed by atoms with van der Waals surface area (Å²) in [6.45, 7) is 3.31. The first kappa shape index (κ1) is 11.2. The number of hydrogen-bond acceptors (Lipinski definition) is 2. The van der Waals surface area contributed by atoms with Gasteiger partial charge in [-0.25, -0.2) is 0 Å². The summed E-state index contributed by atoms with van der Waals surface area (Å²) in [4.78, 5) is 10.9. The van der Waals surface area contributed by atoms with Crippen molar-refractivity contribution in [3.8, 4) is 0 Å². The molecule has 0 aromatic heterocycles. The number of rotatable bonds is 2. The Bertz CT molecular complexity index is 88.6. The van der Waals surface area contributed by atoms with E-state index in [-0.39, 0.29) is 24.6 Å². The second-order valence-corrected chi connectivity index (χ2v) is 2.28. The van der Waals surface area contributed by atoms with E-state index < -0.39 is 0 Å². The zero-order valence-corrected chi connectivity index (χ0v) is 6.34. The number of Topliss-reactive ketones (excluding diaryl/α,β-unsaturated/α-hetero) is 1. The van der Waals surface area contributed by atoms with E-state index in [9.17, 15) is 4.79 Å². The molecule has 0 aliphatic heterocycles. The molecule has 0 saturated carbocycles. The summed E-state index contributed by atoms with van der Waals surface area (Å²) in [6, 6.07) is 0. The van der Waals surface area contributed by atoms with E-state index in [1.165, 1.54) is 6.92 Å². The summed E-state index contributed by atoms with van der Waals surface area (Å²) in [6.07, 6.45) is 0.454. The SMILES string of the molecule is CC(=O)CC(C)=S.[Li]. The van der Waals surface area contributed by atoms with Gasteiger partial charge in [-0.1, -0.05) is 12.2 Å². The predicted octanol–water partition coefficient (Wildman–Crippen LogP) is 0.974. The molecular formula is C5H8LiOS. The molecule has 0 unspecified atom stereocenters. The zero-order chi connectivity index (χ0) is 5.86. The van der Waals surface area contributed by atoms with Crippen LogP contribution in [-0.4, -0.2) is 29.5 Å². The van der Waals surface area contributed by atoms with Crippen LogP contribution in [0, 0.1) is 0 Å². The third kappa shape index (κ3) is 9.61. The summed E-state index contributed by atoms with van der Waals surface area (Å²) in [5, 5.41) is 0. The quantitative estimate of drug-likeness (QED) is 0.402. The van der Waals surface area contributed by atoms with Crippen molar-refractivity contribution < 1.29 is 4.79 Å². The van der Waals surface area contributed by atoms with Crippen LogP contribution in [0.1, 0.15) is 20.3 Å². The van der Waals surface area contributed by atoms with Crippen LogP contribution in [0.2, 0.25) is 0 Å². The number of ketones is 1. The van der Waals surface area contributed by atoms with Crippen LogP contribution in [0.15, 0.2) is 0 Å². The molecule has 0 spiro atoms. The average Bonchev–Trinajstić information content (AvgIpc) is 1.27. The van der Waals surface area contributed by atoms with Gasteiger partial charge in [0.2, 0.25) is 0 Å². The van der Waals surface area contributed by atoms with Crippen molar-refractivity contribution in [3.05, 3.63) is 0 Å². The van der Waals surface area contributed by atoms with Gasteiger partial charge in [0.15, 0.2) is 0 Å². The minimum absolute atomic E-state index is 0. The van der Waals surface area contributed by atoms with E-state index in [4.69, 9.17) is 0 Å². The fourth-order valence-electron chi connectivity index (χ4n) is 0.351. The minimum atomic E-state index is 0. The Morgan fingerprint density at radius 1 is 1.50 bits per heavy atom. The fraction of sp³-hybridized carbons (Fsp3) is 0.600. The van der Waals surface area contributed by atoms with Crippen molar-refractivity contribution in [3.63, 3.8) is 0 Å². The molecule has 0 rings (SSSR count). The first-order valence-electron chi connectivity index (χ1n) is 2.12. The van der Waals surface area contributed by atoms with E-state index in [2.05, 4.69) is 12.2 Å². The normalized spacial score (nSPS) is 7.25. The van der Waals surface area contributed by atoms with E-state index in [0.29, 0.717) is 6.42 Å². The van der Waals surface area contributed by atoms with Gasteiger partial charge >= 0.3 is 0 Å². The van der Waals surface area contributed by atoms with Gasteiger partial charge in [0.05, 0.1) is 0 Å². The largest absolute Gasteiger partial charge is 0.300 e. The van der Waals surface area contributed by atoms with E-state index in [0.717, 1.165) is 4.86 Å². The van der Waals surface area contributed by atoms with Gasteiger partial charge in [-0.05, 0) is 18.7 Å². The number of carbonyl (C=O) groups is 1. The van der Waals surface area contributed by atoms with Gasteiger partial charge in [0, 0.05) is 25.3 Å². The molecule has 0 amide bonds. The number of carbonyl (C=O) groups excluding carboxylic acids is 1. The number of hydrogen-bond donors (Lipinski definition) is 0. The van der Waals surface area contributed by atoms with Gasteiger partial charge in [-0.15, -0.1) is 0 Å². The minimum Gasteiger partial charge on any atom is -0.300 e. The maximum atomic E-state index is 10.2. The molecule has 0 heterocycles. The molecule has 0 saturated heterocycles. The molecule has 0 aromatic carbocycles. The van der Waals surface area contributed by atoms with Gasteiger partial charge in [0.1, 0.15) is 5.78 Å². The number of thiocarbonyl (C=S) groups is 1. The maximum Gasteiger partial charge on any atom is 0.134 e. The van der Waals surface area contributed by atoms with Gasteiger partial charge in [-0.2, -0.15) is 0 Å². The molecule has 41 valence electrons. The van der Waals surface area contributed by atoms with Crippen molar-refractivity contribution >= 4 is 41.7 Å². The summed E-state index contributed by atoms with van der Waals surface area (Å²) in [5.41, 5.74) is 0. The molecule has 0 aliphatic carbocycles. The monoisotopic (exact) mass is 123 g/mol. The molecule has 0 fully saturated rings. The van der Waals surface area contributed by atoms with Gasteiger partial charge < -0.3 is 0 Å². The Morgan fingerprint density at radius 3 is 1.88 bits per heavy atom. The van der Waals surface area contributed by atoms with Crippen LogP contribution in [0.3, 0.4) is 0 Å². The Kier molecular flexibility index (Phi) is 7.69. The fourth-order valence-corrected chi connectivity index (χ4v) is 0.554. The van der Waals surface area contributed by atoms with Crippen LogP contribution >= 0.6 is 12.2 Å². The summed E-state index contributed by atoms with van der Waals surface area (Å²) < 4.78 is 0. The molecule has 0 N–H and O–H groups in total. The first-order chi connectivity index (χ1) is 3.13. The summed E-state index contributed by atoms with van der Waals surface area (Å²) in [7, 11) is 0. The summed E-state index contributed by atoms with van der Waals surface area (Å²) in [5.74, 6) is 0.146. The molecule has 0 atom stereocenters. The molecule has 1 radical (unpaired) electrons. The standard InChI is InChI=1S/C5H8OS.Li/c1-4(6)3-5(2)7;/h3H2,1-2H3;. The van der Waals surface area contributed by atoms with Crippen molar-refractivity contribution in [1.29, 1.82) is 0 Å². The molecule has 0 bridgehead atoms. The molecule has 8 heavy (non-hydrogen) atoms. The third-order valence-electron chi connectivity index (χ3n) is 0.498. The Labute approximate surface area is 67.0 Å². The Morgan fingerprint density at radius 2 is 1.88 bits per heavy atom. The van der Waals surface area contributed by atoms with Crippen LogP contribution in [-0.2, 0) is 4.79 Å². The van der Waals surface area contributed by atoms with Crippen LogP contribution < -0.4 is 0 Å². The second-order valence-electron chi connectivity index (χ2n) is 1.58. The van der Waals surface area contributed by atoms with Crippen molar-refractivity contribution in [2.24, 2.45) is 0 Å². The van der Waals surface area contributed by atoms with Gasteiger partial charge in [0.25, 0.3) is 0 Å². The van der Waals surface area contributed by atoms with Crippen LogP contribution in [0.5, 0.6) is 0 Å². The van der Waals surface area contributed by atoms with E-state index in [1.807, 2.05) is 0 Å². The molecular weight excluding hydrogens is 115 g/mol. The molecule has 0 aliphatic rings. The van der Waals surface area contributed by atoms with Crippen molar-refractivity contribution in [2.45, 2.75) is 20.3 Å². The molecule has 0 aromatic rings. The molecule has 1 nitrogen and oxygen atoms in total. The second kappa shape index (κ2) is 5.49. The Balaban J connectivity index is 0. The first-order valence-corrected chi connectivity index (χ1v) is 2.52. The van der Waals surface area contributed by atoms with Crippen LogP contribution in [0.4, 0.5) is 0 Å². The zero-order valence-electron chi connectivity index (χ0n) is 5.52. The van der Waals surface area contributed by atoms with Crippen molar-refractivity contribution in [2.75, 3.05) is 0 Å². The van der Waals surface area contributed by atoms with E-state index >= 15 is 0 Å². The van der Waals surface area contributed by atoms with E-state index in [1.54, 1.807) is 6.92 Å². The summed E-state index contributed by atoms with van der Waals surface area (Å²) >= 11 is 4.65. The van der Waals surface area contributed by atoms with Crippen molar-refractivity contribution in [1.82, 2.24) is 0 Å². The topological polar surface area (TPSA) is 17.1 Å². The molecule has 3 heteroatoms. The maximum absolute atomic E-state index is 10.2. The predicted molar refractivity (Wildman–Crippen MR) is 39.3 cm³/mol. The van der Waals surface area contributed by atoms with Crippen LogP contribution in [0.25, 0.3) is 0 Å².